The van der Waals surface area contributed by atoms with Gasteiger partial charge in [-0.25, -0.2) is 0 Å². The summed E-state index contributed by atoms with van der Waals surface area (Å²) in [5.74, 6) is -0.530. The normalized spacial score (nSPS) is 13.1. The third-order valence-corrected chi connectivity index (χ3v) is 15.7. The van der Waals surface area contributed by atoms with Gasteiger partial charge >= 0.3 is 0 Å². The minimum atomic E-state index is -1.32. The quantitative estimate of drug-likeness (QED) is 0.106. The summed E-state index contributed by atoms with van der Waals surface area (Å²) in [5, 5.41) is 6.79. The fourth-order valence-corrected chi connectivity index (χ4v) is 10.5. The third-order valence-electron chi connectivity index (χ3n) is 15.3. The SMILES string of the molecule is CC(C)(C)c1ccc(C(C(=O)Nc2cccc(NC(=O)C(c3ccc(C(C)(C)C)cc3)(c3ccc(C(C)(C)C)cc3)c3ccc(C(C)(C)C)cc3)c2[S-])(c2ccc(C(C)(C)C)cc2)c2ccc(C(C)(C)C)cc2)cc1. The van der Waals surface area contributed by atoms with E-state index in [0.29, 0.717) is 16.3 Å². The van der Waals surface area contributed by atoms with Gasteiger partial charge in [0.2, 0.25) is 11.8 Å². The van der Waals surface area contributed by atoms with Crippen LogP contribution in [0.3, 0.4) is 0 Å². The van der Waals surface area contributed by atoms with Crippen LogP contribution in [0.4, 0.5) is 11.4 Å². The van der Waals surface area contributed by atoms with E-state index in [1.807, 2.05) is 18.2 Å². The van der Waals surface area contributed by atoms with Crippen LogP contribution < -0.4 is 10.6 Å². The number of rotatable bonds is 10. The number of carbonyl (C=O) groups is 2. The van der Waals surface area contributed by atoms with Crippen LogP contribution in [-0.2, 0) is 65.5 Å². The Morgan fingerprint density at radius 3 is 0.560 bits per heavy atom. The predicted molar refractivity (Wildman–Crippen MR) is 320 cm³/mol. The number of amides is 2. The van der Waals surface area contributed by atoms with E-state index >= 15 is 9.59 Å². The fourth-order valence-electron chi connectivity index (χ4n) is 10.3. The molecular weight excluding hydrogens is 933 g/mol. The van der Waals surface area contributed by atoms with Crippen molar-refractivity contribution in [2.24, 2.45) is 0 Å². The van der Waals surface area contributed by atoms with Gasteiger partial charge in [0.25, 0.3) is 0 Å². The van der Waals surface area contributed by atoms with Gasteiger partial charge in [-0.15, -0.1) is 4.90 Å². The summed E-state index contributed by atoms with van der Waals surface area (Å²) < 4.78 is 0. The van der Waals surface area contributed by atoms with Crippen LogP contribution in [0.2, 0.25) is 0 Å². The van der Waals surface area contributed by atoms with E-state index in [4.69, 9.17) is 12.6 Å². The second kappa shape index (κ2) is 20.3. The molecule has 0 aliphatic carbocycles. The highest BCUT2D eigenvalue weighted by Gasteiger charge is 2.46. The summed E-state index contributed by atoms with van der Waals surface area (Å²) >= 11 is 6.39. The van der Waals surface area contributed by atoms with Crippen molar-refractivity contribution in [1.29, 1.82) is 0 Å². The van der Waals surface area contributed by atoms with Crippen molar-refractivity contribution in [3.63, 3.8) is 0 Å². The maximum Gasteiger partial charge on any atom is 0.243 e. The zero-order valence-electron chi connectivity index (χ0n) is 48.3. The van der Waals surface area contributed by atoms with Gasteiger partial charge in [-0.05, 0) is 111 Å². The van der Waals surface area contributed by atoms with E-state index in [1.165, 1.54) is 33.4 Å². The molecule has 0 heterocycles. The Kier molecular flexibility index (Phi) is 15.3. The maximum absolute atomic E-state index is 16.1. The van der Waals surface area contributed by atoms with Crippen LogP contribution in [0.1, 0.15) is 191 Å². The molecule has 7 aromatic rings. The predicted octanol–water partition coefficient (Wildman–Crippen LogP) is 17.3. The number of benzene rings is 7. The van der Waals surface area contributed by atoms with Gasteiger partial charge in [-0.2, -0.15) is 0 Å². The minimum absolute atomic E-state index is 0.104. The average Bonchev–Trinajstić information content (AvgIpc) is 3.32. The molecule has 2 N–H and O–H groups in total. The van der Waals surface area contributed by atoms with Crippen LogP contribution in [0.15, 0.2) is 169 Å². The second-order valence-corrected chi connectivity index (χ2v) is 27.5. The molecule has 75 heavy (non-hydrogen) atoms. The fraction of sp³-hybridized carbons (Fsp3) is 0.371. The Balaban J connectivity index is 1.42. The number of hydrogen-bond donors (Lipinski definition) is 2. The van der Waals surface area contributed by atoms with E-state index in [0.717, 1.165) is 33.4 Å². The van der Waals surface area contributed by atoms with Crippen molar-refractivity contribution in [3.05, 3.63) is 231 Å². The van der Waals surface area contributed by atoms with Crippen molar-refractivity contribution >= 4 is 35.8 Å². The number of anilines is 2. The van der Waals surface area contributed by atoms with E-state index in [9.17, 15) is 0 Å². The van der Waals surface area contributed by atoms with E-state index in [2.05, 4.69) is 281 Å². The highest BCUT2D eigenvalue weighted by atomic mass is 32.1. The van der Waals surface area contributed by atoms with Gasteiger partial charge in [-0.3, -0.25) is 9.59 Å². The monoisotopic (exact) mass is 1020 g/mol. The Hall–Kier alpha value is -6.30. The lowest BCUT2D eigenvalue weighted by Crippen LogP contribution is -2.43. The van der Waals surface area contributed by atoms with E-state index in [-0.39, 0.29) is 44.3 Å². The van der Waals surface area contributed by atoms with E-state index < -0.39 is 10.8 Å². The van der Waals surface area contributed by atoms with E-state index in [1.54, 1.807) is 0 Å². The molecule has 0 saturated heterocycles. The highest BCUT2D eigenvalue weighted by molar-refractivity contribution is 7.59. The summed E-state index contributed by atoms with van der Waals surface area (Å²) in [5.41, 5.74) is 9.53. The molecule has 0 spiro atoms. The van der Waals surface area contributed by atoms with Crippen LogP contribution in [-0.4, -0.2) is 11.8 Å². The Bertz CT molecular complexity index is 2630. The summed E-state index contributed by atoms with van der Waals surface area (Å²) in [6.45, 7) is 39.6. The van der Waals surface area contributed by atoms with Gasteiger partial charge < -0.3 is 23.3 Å². The minimum Gasteiger partial charge on any atom is -0.776 e. The molecule has 7 rings (SSSR count). The highest BCUT2D eigenvalue weighted by Crippen LogP contribution is 2.46. The molecule has 0 radical (unpaired) electrons. The average molecular weight is 1020 g/mol. The Labute approximate surface area is 457 Å². The van der Waals surface area contributed by atoms with Crippen molar-refractivity contribution < 1.29 is 9.59 Å². The summed E-state index contributed by atoms with van der Waals surface area (Å²) in [7, 11) is 0. The lowest BCUT2D eigenvalue weighted by atomic mass is 9.67. The van der Waals surface area contributed by atoms with Crippen molar-refractivity contribution in [2.45, 2.75) is 173 Å². The van der Waals surface area contributed by atoms with Gasteiger partial charge in [0.15, 0.2) is 0 Å². The molecule has 7 aromatic carbocycles. The maximum atomic E-state index is 16.1. The summed E-state index contributed by atoms with van der Waals surface area (Å²) in [6.07, 6.45) is 0. The number of nitrogens with one attached hydrogen (secondary N) is 2. The first-order chi connectivity index (χ1) is 34.7. The molecule has 0 bridgehead atoms. The van der Waals surface area contributed by atoms with Crippen LogP contribution in [0.5, 0.6) is 0 Å². The summed E-state index contributed by atoms with van der Waals surface area (Å²) in [6, 6.07) is 56.6. The first-order valence-corrected chi connectivity index (χ1v) is 27.2. The molecule has 2 amide bonds. The largest absolute Gasteiger partial charge is 0.776 e. The van der Waals surface area contributed by atoms with Crippen molar-refractivity contribution in [3.8, 4) is 0 Å². The molecule has 0 unspecified atom stereocenters. The molecule has 0 aliphatic rings. The summed E-state index contributed by atoms with van der Waals surface area (Å²) in [4.78, 5) is 32.6. The molecule has 0 aliphatic heterocycles. The molecule has 0 fully saturated rings. The molecular formula is C70H83N2O2S-. The standard InChI is InChI=1S/C70H84N2O2S/c1-63(2,3)46-22-34-52(35-23-46)69(53-36-24-47(25-37-53)64(4,5)6,54-38-26-48(27-39-54)65(7,8)9)61(73)71-58-20-19-21-59(60(58)75)72-62(74)70(55-40-28-49(29-41-55)66(10,11)12,56-42-30-50(31-43-56)67(13,14)15)57-44-32-51(33-45-57)68(16,17)18/h19-45,75H,1-18H3,(H,71,73)(H,72,74)/p-1. The Morgan fingerprint density at radius 2 is 0.413 bits per heavy atom. The molecule has 0 atom stereocenters. The van der Waals surface area contributed by atoms with Gasteiger partial charge in [0.05, 0.1) is 0 Å². The topological polar surface area (TPSA) is 58.2 Å². The molecule has 4 nitrogen and oxygen atoms in total. The molecule has 0 aromatic heterocycles. The number of carbonyl (C=O) groups excluding carboxylic acids is 2. The second-order valence-electron chi connectivity index (χ2n) is 27.1. The third kappa shape index (κ3) is 11.5. The molecule has 0 saturated carbocycles. The zero-order valence-corrected chi connectivity index (χ0v) is 49.1. The van der Waals surface area contributed by atoms with Gasteiger partial charge in [0, 0.05) is 11.4 Å². The van der Waals surface area contributed by atoms with Gasteiger partial charge in [0.1, 0.15) is 10.8 Å². The zero-order chi connectivity index (χ0) is 55.3. The molecule has 5 heteroatoms. The van der Waals surface area contributed by atoms with Gasteiger partial charge in [-0.1, -0.05) is 276 Å². The Morgan fingerprint density at radius 1 is 0.267 bits per heavy atom. The van der Waals surface area contributed by atoms with Crippen LogP contribution >= 0.6 is 0 Å². The van der Waals surface area contributed by atoms with Crippen LogP contribution in [0, 0.1) is 0 Å². The lowest BCUT2D eigenvalue weighted by molar-refractivity contribution is -0.119. The first kappa shape index (κ1) is 56.4. The molecule has 392 valence electrons. The smallest absolute Gasteiger partial charge is 0.243 e. The lowest BCUT2D eigenvalue weighted by Gasteiger charge is -2.37. The van der Waals surface area contributed by atoms with Crippen molar-refractivity contribution in [1.82, 2.24) is 0 Å². The first-order valence-electron chi connectivity index (χ1n) is 26.8. The van der Waals surface area contributed by atoms with Crippen LogP contribution in [0.25, 0.3) is 0 Å². The number of hydrogen-bond acceptors (Lipinski definition) is 3. The van der Waals surface area contributed by atoms with Crippen molar-refractivity contribution in [2.75, 3.05) is 10.6 Å².